The monoisotopic (exact) mass is 191 g/mol. The number of nitrogens with zero attached hydrogens (tertiary/aromatic N) is 2. The molecule has 4 nitrogen and oxygen atoms in total. The molecule has 1 aromatic heterocycles. The van der Waals surface area contributed by atoms with E-state index in [9.17, 15) is 0 Å². The maximum atomic E-state index is 8.92. The van der Waals surface area contributed by atoms with Gasteiger partial charge in [-0.15, -0.1) is 10.2 Å². The lowest BCUT2D eigenvalue weighted by atomic mass is 10.5. The van der Waals surface area contributed by atoms with Gasteiger partial charge in [0.15, 0.2) is 4.34 Å². The maximum absolute atomic E-state index is 8.92. The summed E-state index contributed by atoms with van der Waals surface area (Å²) >= 11 is 2.80. The van der Waals surface area contributed by atoms with Crippen LogP contribution in [0.2, 0.25) is 0 Å². The molecule has 1 rings (SSSR count). The smallest absolute Gasteiger partial charge is 0.203 e. The van der Waals surface area contributed by atoms with Gasteiger partial charge in [-0.05, 0) is 6.92 Å². The fourth-order valence-corrected chi connectivity index (χ4v) is 1.99. The number of hydrogen-bond acceptors (Lipinski definition) is 6. The first-order chi connectivity index (χ1) is 5.18. The predicted molar refractivity (Wildman–Crippen MR) is 46.7 cm³/mol. The summed E-state index contributed by atoms with van der Waals surface area (Å²) in [5.41, 5.74) is 5.35. The van der Waals surface area contributed by atoms with Crippen LogP contribution in [0.15, 0.2) is 4.34 Å². The molecule has 0 fully saturated rings. The molecule has 0 saturated carbocycles. The number of nitrogens with two attached hydrogens (primary N) is 1. The average molecular weight is 191 g/mol. The van der Waals surface area contributed by atoms with Crippen molar-refractivity contribution in [1.29, 1.82) is 0 Å². The zero-order valence-electron chi connectivity index (χ0n) is 6.02. The van der Waals surface area contributed by atoms with Crippen LogP contribution in [0, 0.1) is 0 Å². The van der Waals surface area contributed by atoms with Crippen molar-refractivity contribution in [1.82, 2.24) is 10.2 Å². The third-order valence-electron chi connectivity index (χ3n) is 0.870. The van der Waals surface area contributed by atoms with E-state index in [1.807, 2.05) is 0 Å². The zero-order valence-corrected chi connectivity index (χ0v) is 7.65. The molecule has 1 heterocycles. The van der Waals surface area contributed by atoms with Crippen LogP contribution in [-0.2, 0) is 0 Å². The molecule has 0 radical (unpaired) electrons. The Bertz CT molecular complexity index is 225. The van der Waals surface area contributed by atoms with E-state index in [-0.39, 0.29) is 6.10 Å². The number of thioether (sulfide) groups is 1. The van der Waals surface area contributed by atoms with E-state index in [2.05, 4.69) is 10.2 Å². The Balaban J connectivity index is 2.39. The highest BCUT2D eigenvalue weighted by molar-refractivity contribution is 8.01. The molecule has 0 unspecified atom stereocenters. The summed E-state index contributed by atoms with van der Waals surface area (Å²) in [6.07, 6.45) is -0.315. The number of nitrogen functional groups attached to an aromatic ring is 1. The second kappa shape index (κ2) is 3.89. The van der Waals surface area contributed by atoms with Crippen molar-refractivity contribution in [2.24, 2.45) is 0 Å². The van der Waals surface area contributed by atoms with Crippen LogP contribution in [0.3, 0.4) is 0 Å². The van der Waals surface area contributed by atoms with Crippen molar-refractivity contribution in [2.45, 2.75) is 17.4 Å². The molecule has 0 saturated heterocycles. The first-order valence-corrected chi connectivity index (χ1v) is 4.88. The molecule has 11 heavy (non-hydrogen) atoms. The summed E-state index contributed by atoms with van der Waals surface area (Å²) in [7, 11) is 0. The van der Waals surface area contributed by atoms with Crippen LogP contribution in [0.1, 0.15) is 6.92 Å². The lowest BCUT2D eigenvalue weighted by Crippen LogP contribution is -2.01. The first-order valence-electron chi connectivity index (χ1n) is 3.08. The molecule has 0 aliphatic carbocycles. The van der Waals surface area contributed by atoms with Crippen molar-refractivity contribution in [3.8, 4) is 0 Å². The van der Waals surface area contributed by atoms with E-state index in [0.717, 1.165) is 4.34 Å². The van der Waals surface area contributed by atoms with E-state index in [4.69, 9.17) is 10.8 Å². The Labute approximate surface area is 72.8 Å². The van der Waals surface area contributed by atoms with Gasteiger partial charge in [0, 0.05) is 5.75 Å². The molecule has 0 spiro atoms. The highest BCUT2D eigenvalue weighted by Gasteiger charge is 2.03. The highest BCUT2D eigenvalue weighted by atomic mass is 32.2. The van der Waals surface area contributed by atoms with E-state index < -0.39 is 0 Å². The van der Waals surface area contributed by atoms with Gasteiger partial charge in [-0.2, -0.15) is 0 Å². The van der Waals surface area contributed by atoms with Gasteiger partial charge >= 0.3 is 0 Å². The lowest BCUT2D eigenvalue weighted by Gasteiger charge is -1.98. The molecule has 0 aliphatic heterocycles. The third kappa shape index (κ3) is 3.04. The number of aromatic nitrogens is 2. The largest absolute Gasteiger partial charge is 0.393 e. The zero-order chi connectivity index (χ0) is 8.27. The summed E-state index contributed by atoms with van der Waals surface area (Å²) in [5.74, 6) is 0.634. The maximum Gasteiger partial charge on any atom is 0.203 e. The van der Waals surface area contributed by atoms with Crippen LogP contribution >= 0.6 is 23.1 Å². The Morgan fingerprint density at radius 1 is 1.73 bits per heavy atom. The number of rotatable bonds is 3. The third-order valence-corrected chi connectivity index (χ3v) is 3.00. The van der Waals surface area contributed by atoms with Gasteiger partial charge < -0.3 is 10.8 Å². The normalized spacial score (nSPS) is 13.3. The van der Waals surface area contributed by atoms with Crippen LogP contribution in [0.5, 0.6) is 0 Å². The Hall–Kier alpha value is -0.330. The van der Waals surface area contributed by atoms with Crippen LogP contribution < -0.4 is 5.73 Å². The summed E-state index contributed by atoms with van der Waals surface area (Å²) in [6, 6.07) is 0. The van der Waals surface area contributed by atoms with Crippen molar-refractivity contribution >= 4 is 28.2 Å². The highest BCUT2D eigenvalue weighted by Crippen LogP contribution is 2.23. The van der Waals surface area contributed by atoms with Crippen molar-refractivity contribution < 1.29 is 5.11 Å². The number of hydrogen-bond donors (Lipinski definition) is 2. The summed E-state index contributed by atoms with van der Waals surface area (Å²) in [6.45, 7) is 1.73. The minimum Gasteiger partial charge on any atom is -0.393 e. The molecule has 3 N–H and O–H groups in total. The summed E-state index contributed by atoms with van der Waals surface area (Å²) < 4.78 is 0.809. The standard InChI is InChI=1S/C5H9N3OS2/c1-3(9)2-10-5-8-7-4(6)11-5/h3,9H,2H2,1H3,(H2,6,7)/t3-/m0/s1. The molecule has 1 aromatic rings. The lowest BCUT2D eigenvalue weighted by molar-refractivity contribution is 0.220. The van der Waals surface area contributed by atoms with Gasteiger partial charge in [0.2, 0.25) is 5.13 Å². The van der Waals surface area contributed by atoms with Gasteiger partial charge in [0.05, 0.1) is 6.10 Å². The SMILES string of the molecule is C[C@H](O)CSc1nnc(N)s1. The van der Waals surface area contributed by atoms with Gasteiger partial charge in [-0.3, -0.25) is 0 Å². The minimum atomic E-state index is -0.315. The Morgan fingerprint density at radius 2 is 2.45 bits per heavy atom. The molecular formula is C5H9N3OS2. The van der Waals surface area contributed by atoms with Gasteiger partial charge in [-0.1, -0.05) is 23.1 Å². The van der Waals surface area contributed by atoms with Gasteiger partial charge in [-0.25, -0.2) is 0 Å². The first kappa shape index (κ1) is 8.76. The summed E-state index contributed by atoms with van der Waals surface area (Å²) in [5, 5.41) is 16.8. The Morgan fingerprint density at radius 3 is 2.91 bits per heavy atom. The quantitative estimate of drug-likeness (QED) is 0.684. The van der Waals surface area contributed by atoms with Crippen LogP contribution in [0.4, 0.5) is 5.13 Å². The van der Waals surface area contributed by atoms with E-state index in [0.29, 0.717) is 10.9 Å². The fourth-order valence-electron chi connectivity index (χ4n) is 0.471. The minimum absolute atomic E-state index is 0.315. The van der Waals surface area contributed by atoms with E-state index >= 15 is 0 Å². The number of anilines is 1. The predicted octanol–water partition coefficient (Wildman–Crippen LogP) is 0.593. The molecule has 1 atom stereocenters. The molecule has 62 valence electrons. The Kier molecular flexibility index (Phi) is 3.10. The van der Waals surface area contributed by atoms with E-state index in [1.54, 1.807) is 6.92 Å². The second-order valence-electron chi connectivity index (χ2n) is 2.07. The van der Waals surface area contributed by atoms with Crippen LogP contribution in [-0.4, -0.2) is 27.2 Å². The fraction of sp³-hybridized carbons (Fsp3) is 0.600. The number of aliphatic hydroxyl groups excluding tert-OH is 1. The van der Waals surface area contributed by atoms with Crippen LogP contribution in [0.25, 0.3) is 0 Å². The molecule has 0 bridgehead atoms. The molecule has 0 aromatic carbocycles. The van der Waals surface area contributed by atoms with E-state index in [1.165, 1.54) is 23.1 Å². The molecule has 0 amide bonds. The molecule has 0 aliphatic rings. The molecule has 6 heteroatoms. The summed E-state index contributed by atoms with van der Waals surface area (Å²) in [4.78, 5) is 0. The van der Waals surface area contributed by atoms with Crippen molar-refractivity contribution in [2.75, 3.05) is 11.5 Å². The number of aliphatic hydroxyl groups is 1. The average Bonchev–Trinajstić information content (AvgIpc) is 2.31. The van der Waals surface area contributed by atoms with Gasteiger partial charge in [0.25, 0.3) is 0 Å². The van der Waals surface area contributed by atoms with Gasteiger partial charge in [0.1, 0.15) is 0 Å². The molecular weight excluding hydrogens is 182 g/mol. The topological polar surface area (TPSA) is 72.0 Å². The van der Waals surface area contributed by atoms with Crippen molar-refractivity contribution in [3.63, 3.8) is 0 Å². The second-order valence-corrected chi connectivity index (χ2v) is 4.34. The van der Waals surface area contributed by atoms with Crippen molar-refractivity contribution in [3.05, 3.63) is 0 Å².